The second-order valence-electron chi connectivity index (χ2n) is 8.37. The number of nitrogens with zero attached hydrogens (tertiary/aromatic N) is 3. The molecule has 0 saturated carbocycles. The smallest absolute Gasteiger partial charge is 0.414 e. The van der Waals surface area contributed by atoms with E-state index in [4.69, 9.17) is 4.74 Å². The lowest BCUT2D eigenvalue weighted by Crippen LogP contribution is -2.48. The second-order valence-corrected chi connectivity index (χ2v) is 8.37. The van der Waals surface area contributed by atoms with Crippen LogP contribution < -0.4 is 9.80 Å². The zero-order valence-electron chi connectivity index (χ0n) is 18.5. The molecule has 0 spiro atoms. The number of aromatic amines is 1. The van der Waals surface area contributed by atoms with Crippen molar-refractivity contribution in [2.75, 3.05) is 49.1 Å². The highest BCUT2D eigenvalue weighted by Crippen LogP contribution is 2.28. The van der Waals surface area contributed by atoms with Gasteiger partial charge in [-0.2, -0.15) is 0 Å². The number of aromatic nitrogens is 1. The highest BCUT2D eigenvalue weighted by molar-refractivity contribution is 5.96. The fraction of sp³-hybridized carbons (Fsp3) is 0.280. The molecule has 2 amide bonds. The average Bonchev–Trinajstić information content (AvgIpc) is 3.45. The Hall–Kier alpha value is -3.85. The topological polar surface area (TPSA) is 89.1 Å². The van der Waals surface area contributed by atoms with Crippen molar-refractivity contribution in [2.24, 2.45) is 0 Å². The van der Waals surface area contributed by atoms with Gasteiger partial charge in [0.15, 0.2) is 0 Å². The summed E-state index contributed by atoms with van der Waals surface area (Å²) in [7, 11) is 0. The highest BCUT2D eigenvalue weighted by Gasteiger charge is 2.32. The summed E-state index contributed by atoms with van der Waals surface area (Å²) >= 11 is 0. The van der Waals surface area contributed by atoms with E-state index >= 15 is 0 Å². The Morgan fingerprint density at radius 1 is 1.18 bits per heavy atom. The van der Waals surface area contributed by atoms with Crippen LogP contribution >= 0.6 is 0 Å². The molecular weight excluding hydrogens is 439 g/mol. The van der Waals surface area contributed by atoms with Crippen molar-refractivity contribution < 1.29 is 23.8 Å². The number of nitrogens with one attached hydrogen (secondary N) is 1. The molecule has 5 rings (SSSR count). The van der Waals surface area contributed by atoms with Gasteiger partial charge in [0.1, 0.15) is 11.9 Å². The molecule has 0 unspecified atom stereocenters. The number of benzene rings is 2. The maximum atomic E-state index is 14.9. The van der Waals surface area contributed by atoms with Crippen molar-refractivity contribution in [1.29, 1.82) is 0 Å². The molecule has 1 atom stereocenters. The Labute approximate surface area is 195 Å². The number of piperazine rings is 1. The van der Waals surface area contributed by atoms with Gasteiger partial charge in [-0.3, -0.25) is 9.69 Å². The molecule has 2 aliphatic heterocycles. The van der Waals surface area contributed by atoms with E-state index in [0.717, 1.165) is 16.5 Å². The molecule has 34 heavy (non-hydrogen) atoms. The van der Waals surface area contributed by atoms with E-state index in [1.165, 1.54) is 11.0 Å². The van der Waals surface area contributed by atoms with E-state index < -0.39 is 18.0 Å². The Kier molecular flexibility index (Phi) is 5.93. The number of hydrogen-bond donors (Lipinski definition) is 2. The van der Waals surface area contributed by atoms with E-state index in [-0.39, 0.29) is 19.1 Å². The summed E-state index contributed by atoms with van der Waals surface area (Å²) in [5.74, 6) is -0.525. The van der Waals surface area contributed by atoms with Crippen LogP contribution in [-0.2, 0) is 9.53 Å². The quantitative estimate of drug-likeness (QED) is 0.567. The predicted octanol–water partition coefficient (Wildman–Crippen LogP) is 2.99. The van der Waals surface area contributed by atoms with Crippen LogP contribution in [0.15, 0.2) is 54.7 Å². The molecule has 8 nitrogen and oxygen atoms in total. The molecule has 1 aromatic heterocycles. The standard InChI is InChI=1S/C25H25FN4O4/c26-21-13-18(30-15-19(16-31)34-25(30)33)6-7-23(21)28-9-11-29(12-10-28)24(32)8-5-17-14-27-22-4-2-1-3-20(17)22/h1-8,13-14,19,27,31H,9-12,15-16H2/b8-5+/t19-/m1/s1. The van der Waals surface area contributed by atoms with Crippen molar-refractivity contribution in [3.8, 4) is 0 Å². The number of hydrogen-bond acceptors (Lipinski definition) is 5. The van der Waals surface area contributed by atoms with Crippen LogP contribution in [0.3, 0.4) is 0 Å². The van der Waals surface area contributed by atoms with Crippen LogP contribution in [-0.4, -0.2) is 72.4 Å². The van der Waals surface area contributed by atoms with E-state index in [2.05, 4.69) is 4.98 Å². The van der Waals surface area contributed by atoms with E-state index in [0.29, 0.717) is 37.6 Å². The zero-order valence-corrected chi connectivity index (χ0v) is 18.5. The number of fused-ring (bicyclic) bond motifs is 1. The SMILES string of the molecule is O=C(/C=C/c1c[nH]c2ccccc12)N1CCN(c2ccc(N3C[C@H](CO)OC3=O)cc2F)CC1. The first-order valence-corrected chi connectivity index (χ1v) is 11.2. The molecule has 2 aromatic carbocycles. The number of anilines is 2. The highest BCUT2D eigenvalue weighted by atomic mass is 19.1. The molecule has 3 aromatic rings. The number of carbonyl (C=O) groups is 2. The lowest BCUT2D eigenvalue weighted by atomic mass is 10.1. The van der Waals surface area contributed by atoms with Crippen molar-refractivity contribution in [3.05, 3.63) is 66.1 Å². The zero-order chi connectivity index (χ0) is 23.7. The minimum absolute atomic E-state index is 0.0771. The van der Waals surface area contributed by atoms with Crippen molar-refractivity contribution >= 4 is 40.4 Å². The van der Waals surface area contributed by atoms with Gasteiger partial charge in [-0.15, -0.1) is 0 Å². The number of carbonyl (C=O) groups excluding carboxylic acids is 2. The molecular formula is C25H25FN4O4. The summed E-state index contributed by atoms with van der Waals surface area (Å²) in [6.07, 6.45) is 4.07. The summed E-state index contributed by atoms with van der Waals surface area (Å²) in [5.41, 5.74) is 2.79. The van der Waals surface area contributed by atoms with Crippen LogP contribution in [0.5, 0.6) is 0 Å². The molecule has 2 saturated heterocycles. The summed E-state index contributed by atoms with van der Waals surface area (Å²) in [6.45, 7) is 1.87. The number of amides is 2. The molecule has 0 bridgehead atoms. The Morgan fingerprint density at radius 3 is 2.71 bits per heavy atom. The summed E-state index contributed by atoms with van der Waals surface area (Å²) in [5, 5.41) is 10.2. The number of aliphatic hydroxyl groups excluding tert-OH is 1. The number of rotatable bonds is 5. The maximum Gasteiger partial charge on any atom is 0.414 e. The minimum Gasteiger partial charge on any atom is -0.441 e. The third kappa shape index (κ3) is 4.22. The van der Waals surface area contributed by atoms with Crippen LogP contribution in [0.1, 0.15) is 5.56 Å². The normalized spacial score (nSPS) is 18.8. The summed E-state index contributed by atoms with van der Waals surface area (Å²) in [6, 6.07) is 12.5. The molecule has 2 N–H and O–H groups in total. The number of H-pyrrole nitrogens is 1. The molecule has 2 aliphatic rings. The largest absolute Gasteiger partial charge is 0.441 e. The average molecular weight is 464 g/mol. The number of halogens is 1. The van der Waals surface area contributed by atoms with E-state index in [1.54, 1.807) is 23.1 Å². The van der Waals surface area contributed by atoms with Gasteiger partial charge in [0.2, 0.25) is 5.91 Å². The first-order chi connectivity index (χ1) is 16.5. The summed E-state index contributed by atoms with van der Waals surface area (Å²) in [4.78, 5) is 32.8. The van der Waals surface area contributed by atoms with Gasteiger partial charge in [0.25, 0.3) is 0 Å². The maximum absolute atomic E-state index is 14.9. The van der Waals surface area contributed by atoms with Gasteiger partial charge < -0.3 is 24.6 Å². The molecule has 0 radical (unpaired) electrons. The second kappa shape index (κ2) is 9.18. The molecule has 3 heterocycles. The van der Waals surface area contributed by atoms with Gasteiger partial charge in [-0.05, 0) is 35.9 Å². The number of cyclic esters (lactones) is 1. The van der Waals surface area contributed by atoms with Crippen molar-refractivity contribution in [3.63, 3.8) is 0 Å². The lowest BCUT2D eigenvalue weighted by Gasteiger charge is -2.36. The van der Waals surface area contributed by atoms with Crippen LogP contribution in [0.25, 0.3) is 17.0 Å². The molecule has 176 valence electrons. The third-order valence-corrected chi connectivity index (χ3v) is 6.28. The molecule has 0 aliphatic carbocycles. The minimum atomic E-state index is -0.606. The Morgan fingerprint density at radius 2 is 1.97 bits per heavy atom. The fourth-order valence-corrected chi connectivity index (χ4v) is 4.41. The predicted molar refractivity (Wildman–Crippen MR) is 127 cm³/mol. The number of ether oxygens (including phenoxy) is 1. The number of aliphatic hydroxyl groups is 1. The van der Waals surface area contributed by atoms with Gasteiger partial charge in [-0.25, -0.2) is 9.18 Å². The Balaban J connectivity index is 1.20. The van der Waals surface area contributed by atoms with Crippen LogP contribution in [0, 0.1) is 5.82 Å². The van der Waals surface area contributed by atoms with Gasteiger partial charge in [-0.1, -0.05) is 18.2 Å². The molecule has 2 fully saturated rings. The first kappa shape index (κ1) is 22.0. The lowest BCUT2D eigenvalue weighted by molar-refractivity contribution is -0.126. The third-order valence-electron chi connectivity index (χ3n) is 6.28. The van der Waals surface area contributed by atoms with E-state index in [1.807, 2.05) is 41.4 Å². The van der Waals surface area contributed by atoms with E-state index in [9.17, 15) is 19.1 Å². The fourth-order valence-electron chi connectivity index (χ4n) is 4.41. The monoisotopic (exact) mass is 464 g/mol. The van der Waals surface area contributed by atoms with Crippen LogP contribution in [0.2, 0.25) is 0 Å². The van der Waals surface area contributed by atoms with Gasteiger partial charge >= 0.3 is 6.09 Å². The van der Waals surface area contributed by atoms with Crippen molar-refractivity contribution in [2.45, 2.75) is 6.10 Å². The van der Waals surface area contributed by atoms with Gasteiger partial charge in [0, 0.05) is 49.4 Å². The summed E-state index contributed by atoms with van der Waals surface area (Å²) < 4.78 is 19.9. The Bertz CT molecular complexity index is 1250. The van der Waals surface area contributed by atoms with Crippen molar-refractivity contribution in [1.82, 2.24) is 9.88 Å². The number of para-hydroxylation sites is 1. The van der Waals surface area contributed by atoms with Gasteiger partial charge in [0.05, 0.1) is 24.5 Å². The first-order valence-electron chi connectivity index (χ1n) is 11.2. The van der Waals surface area contributed by atoms with Crippen LogP contribution in [0.4, 0.5) is 20.6 Å². The molecule has 9 heteroatoms.